The molecule has 0 aliphatic heterocycles. The van der Waals surface area contributed by atoms with Gasteiger partial charge in [-0.1, -0.05) is 0 Å². The highest BCUT2D eigenvalue weighted by molar-refractivity contribution is 7.86. The molecule has 0 aliphatic rings. The van der Waals surface area contributed by atoms with E-state index in [1.54, 1.807) is 0 Å². The Hall–Kier alpha value is -1.86. The van der Waals surface area contributed by atoms with E-state index in [2.05, 4.69) is 0 Å². The number of carbonyl (C=O) groups is 3. The summed E-state index contributed by atoms with van der Waals surface area (Å²) in [4.78, 5) is 33.5. The minimum Gasteiger partial charge on any atom is -0.295 e. The van der Waals surface area contributed by atoms with Gasteiger partial charge in [0.05, 0.1) is 0 Å². The van der Waals surface area contributed by atoms with Crippen LogP contribution >= 0.6 is 0 Å². The smallest absolute Gasteiger partial charge is 0.295 e. The van der Waals surface area contributed by atoms with E-state index < -0.39 is 32.4 Å². The summed E-state index contributed by atoms with van der Waals surface area (Å²) in [5.74, 6) is -1.76. The summed E-state index contributed by atoms with van der Waals surface area (Å²) in [6.45, 7) is 3.38. The zero-order valence-electron chi connectivity index (χ0n) is 10.6. The predicted octanol–water partition coefficient (Wildman–Crippen LogP) is 1.54. The Morgan fingerprint density at radius 3 is 1.47 bits per heavy atom. The molecule has 0 saturated carbocycles. The molecule has 1 aromatic rings. The van der Waals surface area contributed by atoms with E-state index in [1.165, 1.54) is 6.92 Å². The Bertz CT molecular complexity index is 649. The van der Waals surface area contributed by atoms with Crippen LogP contribution in [-0.4, -0.2) is 30.3 Å². The summed E-state index contributed by atoms with van der Waals surface area (Å²) in [6.07, 6.45) is 0. The number of Topliss-reactive ketones (excluding diaryl/α,β-unsaturated/α-hetero) is 3. The number of benzene rings is 1. The van der Waals surface area contributed by atoms with Gasteiger partial charge < -0.3 is 0 Å². The summed E-state index contributed by atoms with van der Waals surface area (Å²) in [5, 5.41) is 0. The lowest BCUT2D eigenvalue weighted by Crippen LogP contribution is -2.14. The monoisotopic (exact) mass is 284 g/mol. The van der Waals surface area contributed by atoms with Crippen LogP contribution in [0.2, 0.25) is 0 Å². The number of rotatable bonds is 4. The summed E-state index contributed by atoms with van der Waals surface area (Å²) < 4.78 is 31.8. The van der Waals surface area contributed by atoms with E-state index >= 15 is 0 Å². The molecular weight excluding hydrogens is 272 g/mol. The summed E-state index contributed by atoms with van der Waals surface area (Å²) in [5.41, 5.74) is -0.719. The molecule has 0 aromatic heterocycles. The molecule has 0 fully saturated rings. The van der Waals surface area contributed by atoms with Crippen molar-refractivity contribution in [2.45, 2.75) is 25.7 Å². The van der Waals surface area contributed by atoms with Gasteiger partial charge in [-0.2, -0.15) is 8.42 Å². The molecule has 0 spiro atoms. The van der Waals surface area contributed by atoms with Crippen LogP contribution in [-0.2, 0) is 10.1 Å². The molecule has 0 aliphatic carbocycles. The van der Waals surface area contributed by atoms with Crippen molar-refractivity contribution in [1.29, 1.82) is 0 Å². The second-order valence-corrected chi connectivity index (χ2v) is 5.40. The fourth-order valence-corrected chi connectivity index (χ4v) is 2.59. The van der Waals surface area contributed by atoms with Crippen molar-refractivity contribution in [3.8, 4) is 0 Å². The fraction of sp³-hybridized carbons (Fsp3) is 0.250. The van der Waals surface area contributed by atoms with E-state index in [-0.39, 0.29) is 16.7 Å². The molecule has 7 heteroatoms. The molecule has 0 amide bonds. The lowest BCUT2D eigenvalue weighted by atomic mass is 9.99. The van der Waals surface area contributed by atoms with Crippen molar-refractivity contribution in [3.63, 3.8) is 0 Å². The highest BCUT2D eigenvalue weighted by Crippen LogP contribution is 2.24. The van der Waals surface area contributed by atoms with Crippen molar-refractivity contribution in [2.24, 2.45) is 0 Å². The molecule has 0 saturated heterocycles. The highest BCUT2D eigenvalue weighted by Gasteiger charge is 2.26. The zero-order chi connectivity index (χ0) is 15.0. The normalized spacial score (nSPS) is 11.2. The van der Waals surface area contributed by atoms with Crippen molar-refractivity contribution in [2.75, 3.05) is 0 Å². The molecule has 0 radical (unpaired) electrons. The van der Waals surface area contributed by atoms with Crippen LogP contribution in [0.5, 0.6) is 0 Å². The Labute approximate surface area is 110 Å². The maximum atomic E-state index is 11.5. The first-order valence-electron chi connectivity index (χ1n) is 5.24. The van der Waals surface area contributed by atoms with Crippen LogP contribution < -0.4 is 0 Å². The van der Waals surface area contributed by atoms with Crippen molar-refractivity contribution in [1.82, 2.24) is 0 Å². The molecule has 0 heterocycles. The van der Waals surface area contributed by atoms with Crippen molar-refractivity contribution >= 4 is 27.5 Å². The maximum absolute atomic E-state index is 11.5. The first kappa shape index (κ1) is 15.2. The summed E-state index contributed by atoms with van der Waals surface area (Å²) in [7, 11) is -4.75. The average Bonchev–Trinajstić information content (AvgIpc) is 2.25. The lowest BCUT2D eigenvalue weighted by Gasteiger charge is -2.10. The Morgan fingerprint density at radius 1 is 0.895 bits per heavy atom. The second kappa shape index (κ2) is 5.02. The number of carbonyl (C=O) groups excluding carboxylic acids is 3. The molecule has 0 atom stereocenters. The van der Waals surface area contributed by atoms with E-state index in [9.17, 15) is 22.8 Å². The Morgan fingerprint density at radius 2 is 1.26 bits per heavy atom. The van der Waals surface area contributed by atoms with E-state index in [0.717, 1.165) is 26.0 Å². The van der Waals surface area contributed by atoms with Crippen LogP contribution in [0.15, 0.2) is 17.0 Å². The van der Waals surface area contributed by atoms with Gasteiger partial charge in [-0.3, -0.25) is 18.9 Å². The third-order valence-corrected chi connectivity index (χ3v) is 3.47. The third kappa shape index (κ3) is 3.12. The molecule has 1 aromatic carbocycles. The average molecular weight is 284 g/mol. The molecule has 1 N–H and O–H groups in total. The SMILES string of the molecule is CC(=O)c1cc(C(C)=O)c(S(=O)(=O)O)c(C(C)=O)c1. The summed E-state index contributed by atoms with van der Waals surface area (Å²) >= 11 is 0. The first-order chi connectivity index (χ1) is 8.55. The van der Waals surface area contributed by atoms with Gasteiger partial charge in [0.25, 0.3) is 10.1 Å². The fourth-order valence-electron chi connectivity index (χ4n) is 1.63. The number of ketones is 3. The molecule has 102 valence electrons. The van der Waals surface area contributed by atoms with Gasteiger partial charge in [0.2, 0.25) is 0 Å². The standard InChI is InChI=1S/C12H12O6S/c1-6(13)9-4-10(7(2)14)12(19(16,17)18)11(5-9)8(3)15/h4-5H,1-3H3,(H,16,17,18). The highest BCUT2D eigenvalue weighted by atomic mass is 32.2. The van der Waals surface area contributed by atoms with E-state index in [1.807, 2.05) is 0 Å². The van der Waals surface area contributed by atoms with Crippen LogP contribution in [0.25, 0.3) is 0 Å². The quantitative estimate of drug-likeness (QED) is 0.664. The van der Waals surface area contributed by atoms with Crippen LogP contribution in [0.1, 0.15) is 51.8 Å². The van der Waals surface area contributed by atoms with Gasteiger partial charge in [-0.05, 0) is 32.9 Å². The van der Waals surface area contributed by atoms with Gasteiger partial charge in [0, 0.05) is 16.7 Å². The molecule has 0 unspecified atom stereocenters. The molecule has 19 heavy (non-hydrogen) atoms. The molecule has 6 nitrogen and oxygen atoms in total. The van der Waals surface area contributed by atoms with E-state index in [0.29, 0.717) is 0 Å². The van der Waals surface area contributed by atoms with Crippen LogP contribution in [0.3, 0.4) is 0 Å². The van der Waals surface area contributed by atoms with Gasteiger partial charge in [0.15, 0.2) is 17.3 Å². The van der Waals surface area contributed by atoms with Gasteiger partial charge in [-0.15, -0.1) is 0 Å². The Balaban J connectivity index is 3.93. The van der Waals surface area contributed by atoms with Crippen molar-refractivity contribution in [3.05, 3.63) is 28.8 Å². The minimum absolute atomic E-state index is 0.0304. The largest absolute Gasteiger partial charge is 0.295 e. The molecular formula is C12H12O6S. The van der Waals surface area contributed by atoms with E-state index in [4.69, 9.17) is 4.55 Å². The molecule has 0 bridgehead atoms. The second-order valence-electron chi connectivity index (χ2n) is 4.04. The minimum atomic E-state index is -4.75. The topological polar surface area (TPSA) is 106 Å². The third-order valence-electron chi connectivity index (χ3n) is 2.51. The van der Waals surface area contributed by atoms with Gasteiger partial charge in [0.1, 0.15) is 4.90 Å². The predicted molar refractivity (Wildman–Crippen MR) is 66.3 cm³/mol. The lowest BCUT2D eigenvalue weighted by molar-refractivity contribution is 0.101. The first-order valence-corrected chi connectivity index (χ1v) is 6.68. The Kier molecular flexibility index (Phi) is 4.02. The summed E-state index contributed by atoms with van der Waals surface area (Å²) in [6, 6.07) is 2.11. The van der Waals surface area contributed by atoms with Crippen LogP contribution in [0, 0.1) is 0 Å². The van der Waals surface area contributed by atoms with Gasteiger partial charge in [-0.25, -0.2) is 0 Å². The number of hydrogen-bond acceptors (Lipinski definition) is 5. The van der Waals surface area contributed by atoms with Crippen molar-refractivity contribution < 1.29 is 27.4 Å². The van der Waals surface area contributed by atoms with Gasteiger partial charge >= 0.3 is 0 Å². The number of hydrogen-bond donors (Lipinski definition) is 1. The maximum Gasteiger partial charge on any atom is 0.295 e. The molecule has 1 rings (SSSR count). The zero-order valence-corrected chi connectivity index (χ0v) is 11.4. The van der Waals surface area contributed by atoms with Crippen LogP contribution in [0.4, 0.5) is 0 Å².